The van der Waals surface area contributed by atoms with Crippen molar-refractivity contribution in [3.05, 3.63) is 0 Å². The van der Waals surface area contributed by atoms with Crippen molar-refractivity contribution in [2.24, 2.45) is 5.41 Å². The van der Waals surface area contributed by atoms with Gasteiger partial charge in [-0.1, -0.05) is 12.8 Å². The number of carboxylic acid groups (broad SMARTS) is 1. The Kier molecular flexibility index (Phi) is 4.45. The molecule has 1 saturated carbocycles. The van der Waals surface area contributed by atoms with Gasteiger partial charge in [0.25, 0.3) is 0 Å². The van der Waals surface area contributed by atoms with Crippen LogP contribution in [0.1, 0.15) is 51.9 Å². The molecule has 2 aliphatic rings. The molecular formula is C14H24N2O3. The van der Waals surface area contributed by atoms with Crippen LogP contribution in [0, 0.1) is 5.41 Å². The Labute approximate surface area is 114 Å². The molecule has 2 rings (SSSR count). The van der Waals surface area contributed by atoms with Crippen LogP contribution in [-0.4, -0.2) is 35.6 Å². The number of carbonyl (C=O) groups is 2. The van der Waals surface area contributed by atoms with Gasteiger partial charge in [0.1, 0.15) is 0 Å². The van der Waals surface area contributed by atoms with Crippen LogP contribution in [0.4, 0.5) is 0 Å². The van der Waals surface area contributed by atoms with E-state index in [-0.39, 0.29) is 18.0 Å². The van der Waals surface area contributed by atoms with Gasteiger partial charge in [-0.15, -0.1) is 0 Å². The highest BCUT2D eigenvalue weighted by Gasteiger charge is 2.43. The van der Waals surface area contributed by atoms with Gasteiger partial charge in [0, 0.05) is 18.5 Å². The second kappa shape index (κ2) is 5.90. The van der Waals surface area contributed by atoms with Gasteiger partial charge >= 0.3 is 5.97 Å². The minimum Gasteiger partial charge on any atom is -0.481 e. The second-order valence-electron chi connectivity index (χ2n) is 6.09. The molecular weight excluding hydrogens is 244 g/mol. The van der Waals surface area contributed by atoms with E-state index in [9.17, 15) is 14.7 Å². The van der Waals surface area contributed by atoms with Crippen LogP contribution in [0.15, 0.2) is 0 Å². The average molecular weight is 268 g/mol. The molecule has 0 aromatic carbocycles. The Morgan fingerprint density at radius 2 is 2.11 bits per heavy atom. The van der Waals surface area contributed by atoms with Crippen LogP contribution in [0.5, 0.6) is 0 Å². The van der Waals surface area contributed by atoms with Crippen molar-refractivity contribution < 1.29 is 14.7 Å². The maximum atomic E-state index is 12.0. The van der Waals surface area contributed by atoms with Gasteiger partial charge in [0.15, 0.2) is 0 Å². The van der Waals surface area contributed by atoms with Crippen LogP contribution in [-0.2, 0) is 9.59 Å². The molecule has 1 saturated heterocycles. The molecule has 3 N–H and O–H groups in total. The minimum atomic E-state index is -0.809. The Morgan fingerprint density at radius 1 is 1.32 bits per heavy atom. The summed E-state index contributed by atoms with van der Waals surface area (Å²) < 4.78 is 0. The van der Waals surface area contributed by atoms with Crippen LogP contribution in [0.25, 0.3) is 0 Å². The van der Waals surface area contributed by atoms with Crippen LogP contribution < -0.4 is 10.6 Å². The number of nitrogens with one attached hydrogen (secondary N) is 2. The molecule has 2 fully saturated rings. The van der Waals surface area contributed by atoms with E-state index in [0.717, 1.165) is 38.6 Å². The third-order valence-electron chi connectivity index (χ3n) is 4.63. The lowest BCUT2D eigenvalue weighted by molar-refractivity contribution is -0.152. The number of carboxylic acids is 1. The van der Waals surface area contributed by atoms with Crippen LogP contribution in [0.3, 0.4) is 0 Å². The smallest absolute Gasteiger partial charge is 0.311 e. The summed E-state index contributed by atoms with van der Waals surface area (Å²) in [5, 5.41) is 15.7. The number of aliphatic carboxylic acids is 1. The molecule has 0 aromatic rings. The molecule has 108 valence electrons. The standard InChI is InChI=1S/C14H24N2O3/c1-14(13(18)19)7-3-2-6-11(14)16-12(17)9-10-5-4-8-15-10/h10-11,15H,2-9H2,1H3,(H,16,17)(H,18,19). The van der Waals surface area contributed by atoms with Crippen molar-refractivity contribution in [1.82, 2.24) is 10.6 Å². The molecule has 3 atom stereocenters. The van der Waals surface area contributed by atoms with E-state index in [4.69, 9.17) is 0 Å². The third kappa shape index (κ3) is 3.26. The first-order valence-corrected chi connectivity index (χ1v) is 7.28. The van der Waals surface area contributed by atoms with Crippen molar-refractivity contribution in [2.75, 3.05) is 6.54 Å². The van der Waals surface area contributed by atoms with E-state index in [1.165, 1.54) is 0 Å². The average Bonchev–Trinajstić information content (AvgIpc) is 2.84. The van der Waals surface area contributed by atoms with Gasteiger partial charge in [-0.2, -0.15) is 0 Å². The predicted octanol–water partition coefficient (Wildman–Crippen LogP) is 1.28. The zero-order chi connectivity index (χ0) is 13.9. The fraction of sp³-hybridized carbons (Fsp3) is 0.857. The van der Waals surface area contributed by atoms with Crippen molar-refractivity contribution in [3.8, 4) is 0 Å². The lowest BCUT2D eigenvalue weighted by Crippen LogP contribution is -2.52. The van der Waals surface area contributed by atoms with Crippen molar-refractivity contribution >= 4 is 11.9 Å². The Balaban J connectivity index is 1.91. The lowest BCUT2D eigenvalue weighted by atomic mass is 9.71. The Hall–Kier alpha value is -1.10. The summed E-state index contributed by atoms with van der Waals surface area (Å²) in [7, 11) is 0. The number of rotatable bonds is 4. The maximum absolute atomic E-state index is 12.0. The van der Waals surface area contributed by atoms with Gasteiger partial charge < -0.3 is 15.7 Å². The van der Waals surface area contributed by atoms with Crippen molar-refractivity contribution in [1.29, 1.82) is 0 Å². The molecule has 0 bridgehead atoms. The molecule has 0 spiro atoms. The number of carbonyl (C=O) groups excluding carboxylic acids is 1. The Bertz CT molecular complexity index is 353. The van der Waals surface area contributed by atoms with E-state index in [1.54, 1.807) is 6.92 Å². The van der Waals surface area contributed by atoms with Gasteiger partial charge in [-0.05, 0) is 39.2 Å². The number of hydrogen-bond donors (Lipinski definition) is 3. The van der Waals surface area contributed by atoms with Crippen molar-refractivity contribution in [3.63, 3.8) is 0 Å². The maximum Gasteiger partial charge on any atom is 0.311 e. The molecule has 5 heteroatoms. The summed E-state index contributed by atoms with van der Waals surface area (Å²) in [6.07, 6.45) is 5.96. The molecule has 19 heavy (non-hydrogen) atoms. The summed E-state index contributed by atoms with van der Waals surface area (Å²) in [4.78, 5) is 23.5. The van der Waals surface area contributed by atoms with E-state index in [1.807, 2.05) is 0 Å². The minimum absolute atomic E-state index is 0.0150. The van der Waals surface area contributed by atoms with E-state index in [0.29, 0.717) is 12.8 Å². The Morgan fingerprint density at radius 3 is 2.74 bits per heavy atom. The fourth-order valence-electron chi connectivity index (χ4n) is 3.23. The second-order valence-corrected chi connectivity index (χ2v) is 6.09. The monoisotopic (exact) mass is 268 g/mol. The molecule has 5 nitrogen and oxygen atoms in total. The fourth-order valence-corrected chi connectivity index (χ4v) is 3.23. The zero-order valence-corrected chi connectivity index (χ0v) is 11.6. The molecule has 1 amide bonds. The van der Waals surface area contributed by atoms with Crippen LogP contribution >= 0.6 is 0 Å². The third-order valence-corrected chi connectivity index (χ3v) is 4.63. The number of hydrogen-bond acceptors (Lipinski definition) is 3. The molecule has 1 heterocycles. The first-order chi connectivity index (χ1) is 9.02. The summed E-state index contributed by atoms with van der Waals surface area (Å²) >= 11 is 0. The first kappa shape index (κ1) is 14.3. The molecule has 1 aliphatic carbocycles. The van der Waals surface area contributed by atoms with Gasteiger partial charge in [-0.3, -0.25) is 9.59 Å². The van der Waals surface area contributed by atoms with Crippen molar-refractivity contribution in [2.45, 2.75) is 64.0 Å². The lowest BCUT2D eigenvalue weighted by Gasteiger charge is -2.38. The van der Waals surface area contributed by atoms with E-state index in [2.05, 4.69) is 10.6 Å². The highest BCUT2D eigenvalue weighted by Crippen LogP contribution is 2.36. The zero-order valence-electron chi connectivity index (χ0n) is 11.6. The normalized spacial score (nSPS) is 35.0. The van der Waals surface area contributed by atoms with Gasteiger partial charge in [0.2, 0.25) is 5.91 Å². The number of amides is 1. The highest BCUT2D eigenvalue weighted by molar-refractivity contribution is 5.80. The van der Waals surface area contributed by atoms with Gasteiger partial charge in [0.05, 0.1) is 5.41 Å². The summed E-state index contributed by atoms with van der Waals surface area (Å²) in [5.41, 5.74) is -0.809. The molecule has 0 radical (unpaired) electrons. The molecule has 3 unspecified atom stereocenters. The predicted molar refractivity (Wildman–Crippen MR) is 71.8 cm³/mol. The molecule has 0 aromatic heterocycles. The highest BCUT2D eigenvalue weighted by atomic mass is 16.4. The topological polar surface area (TPSA) is 78.4 Å². The first-order valence-electron chi connectivity index (χ1n) is 7.28. The molecule has 1 aliphatic heterocycles. The van der Waals surface area contributed by atoms with Gasteiger partial charge in [-0.25, -0.2) is 0 Å². The summed E-state index contributed by atoms with van der Waals surface area (Å²) in [6.45, 7) is 2.74. The SMILES string of the molecule is CC1(C(=O)O)CCCCC1NC(=O)CC1CCCN1. The quantitative estimate of drug-likeness (QED) is 0.717. The van der Waals surface area contributed by atoms with Crippen LogP contribution in [0.2, 0.25) is 0 Å². The van der Waals surface area contributed by atoms with E-state index < -0.39 is 11.4 Å². The largest absolute Gasteiger partial charge is 0.481 e. The summed E-state index contributed by atoms with van der Waals surface area (Å²) in [5.74, 6) is -0.810. The summed E-state index contributed by atoms with van der Waals surface area (Å²) in [6, 6.07) is 0.0346. The van der Waals surface area contributed by atoms with E-state index >= 15 is 0 Å².